The van der Waals surface area contributed by atoms with Crippen molar-refractivity contribution in [1.29, 1.82) is 0 Å². The highest BCUT2D eigenvalue weighted by Crippen LogP contribution is 2.35. The number of amides is 1. The molecule has 4 aromatic rings. The molecule has 2 saturated heterocycles. The number of carboxylic acids is 1. The number of ether oxygens (including phenoxy) is 3. The summed E-state index contributed by atoms with van der Waals surface area (Å²) in [6.07, 6.45) is -10.6. The van der Waals surface area contributed by atoms with Gasteiger partial charge in [0.1, 0.15) is 11.0 Å². The lowest BCUT2D eigenvalue weighted by Crippen LogP contribution is -2.57. The molecule has 6 rings (SSSR count). The summed E-state index contributed by atoms with van der Waals surface area (Å²) in [4.78, 5) is 66.6. The van der Waals surface area contributed by atoms with Crippen molar-refractivity contribution in [2.75, 3.05) is 45.9 Å². The quantitative estimate of drug-likeness (QED) is 0.0739. The van der Waals surface area contributed by atoms with Crippen LogP contribution in [-0.4, -0.2) is 108 Å². The Bertz CT molecular complexity index is 2230. The molecular weight excluding hydrogens is 802 g/mol. The summed E-state index contributed by atoms with van der Waals surface area (Å²) in [5.74, 6) is -7.13. The second-order valence-electron chi connectivity index (χ2n) is 13.8. The summed E-state index contributed by atoms with van der Waals surface area (Å²) in [6, 6.07) is 14.6. The monoisotopic (exact) mass is 838 g/mol. The number of pyridine rings is 1. The first kappa shape index (κ1) is 42.3. The second-order valence-corrected chi connectivity index (χ2v) is 14.9. The third-order valence-corrected chi connectivity index (χ3v) is 10.9. The molecule has 2 fully saturated rings. The number of piperidine rings is 1. The lowest BCUT2D eigenvalue weighted by molar-refractivity contribution is -0.205. The molecule has 2 aromatic carbocycles. The summed E-state index contributed by atoms with van der Waals surface area (Å²) in [5.41, 5.74) is 0.0452. The first-order valence-electron chi connectivity index (χ1n) is 17.9. The van der Waals surface area contributed by atoms with Gasteiger partial charge in [-0.25, -0.2) is 14.4 Å². The summed E-state index contributed by atoms with van der Waals surface area (Å²) >= 11 is 0.945. The maximum Gasteiger partial charge on any atom is 0.491 e. The van der Waals surface area contributed by atoms with Crippen molar-refractivity contribution < 1.29 is 64.8 Å². The minimum absolute atomic E-state index is 0.0965. The molecule has 58 heavy (non-hydrogen) atoms. The number of likely N-dealkylation sites (tertiary alicyclic amines) is 1. The van der Waals surface area contributed by atoms with E-state index in [4.69, 9.17) is 9.47 Å². The van der Waals surface area contributed by atoms with E-state index in [1.165, 1.54) is 12.1 Å². The predicted molar refractivity (Wildman–Crippen MR) is 195 cm³/mol. The van der Waals surface area contributed by atoms with Gasteiger partial charge < -0.3 is 34.5 Å². The molecule has 0 bridgehead atoms. The number of hydrogen-bond acceptors (Lipinski definition) is 11. The lowest BCUT2D eigenvalue weighted by atomic mass is 9.89. The highest BCUT2D eigenvalue weighted by Gasteiger charge is 2.44. The van der Waals surface area contributed by atoms with Crippen molar-refractivity contribution in [3.63, 3.8) is 0 Å². The Hall–Kier alpha value is -5.31. The van der Waals surface area contributed by atoms with Gasteiger partial charge in [0.05, 0.1) is 29.1 Å². The van der Waals surface area contributed by atoms with Crippen LogP contribution in [0.2, 0.25) is 0 Å². The van der Waals surface area contributed by atoms with Crippen LogP contribution in [0.1, 0.15) is 55.0 Å². The SMILES string of the molecule is O=C(O)c1ccc(C(=O)N2CCOC3(CCN(Cc4cccc(CCNCC(OC(=O)C(F)(F)F)c5ccc(OC(=O)C(F)(F)F)c6[nH]c(=O)ccc56)c4)CC3)C2)s1. The molecule has 1 amide bonds. The van der Waals surface area contributed by atoms with Gasteiger partial charge >= 0.3 is 30.3 Å². The van der Waals surface area contributed by atoms with Crippen molar-refractivity contribution in [1.82, 2.24) is 20.1 Å². The van der Waals surface area contributed by atoms with Gasteiger partial charge in [-0.15, -0.1) is 11.3 Å². The molecular formula is C38H36F6N4O9S. The molecule has 2 aromatic heterocycles. The zero-order chi connectivity index (χ0) is 41.8. The maximum atomic E-state index is 13.3. The molecule has 310 valence electrons. The third-order valence-electron chi connectivity index (χ3n) is 9.80. The molecule has 2 aliphatic rings. The van der Waals surface area contributed by atoms with Crippen LogP contribution in [0.4, 0.5) is 26.3 Å². The lowest BCUT2D eigenvalue weighted by Gasteiger charge is -2.47. The zero-order valence-corrected chi connectivity index (χ0v) is 31.2. The van der Waals surface area contributed by atoms with E-state index in [0.29, 0.717) is 63.5 Å². The second kappa shape index (κ2) is 17.3. The minimum Gasteiger partial charge on any atom is -0.477 e. The molecule has 0 radical (unpaired) electrons. The number of benzene rings is 2. The molecule has 0 aliphatic carbocycles. The maximum absolute atomic E-state index is 13.3. The molecule has 1 unspecified atom stereocenters. The molecule has 0 saturated carbocycles. The first-order chi connectivity index (χ1) is 27.4. The molecule has 2 aliphatic heterocycles. The summed E-state index contributed by atoms with van der Waals surface area (Å²) in [6.45, 7) is 3.03. The van der Waals surface area contributed by atoms with Crippen molar-refractivity contribution in [3.05, 3.63) is 97.5 Å². The van der Waals surface area contributed by atoms with Crippen molar-refractivity contribution in [2.45, 2.75) is 49.9 Å². The normalized spacial score (nSPS) is 16.6. The van der Waals surface area contributed by atoms with E-state index in [1.54, 1.807) is 4.90 Å². The number of H-pyrrole nitrogens is 1. The molecule has 1 spiro atoms. The molecule has 3 N–H and O–H groups in total. The van der Waals surface area contributed by atoms with E-state index in [1.807, 2.05) is 24.3 Å². The van der Waals surface area contributed by atoms with Crippen LogP contribution in [0, 0.1) is 0 Å². The fourth-order valence-corrected chi connectivity index (χ4v) is 7.77. The Labute approximate surface area is 329 Å². The van der Waals surface area contributed by atoms with E-state index in [-0.39, 0.29) is 34.8 Å². The minimum atomic E-state index is -5.38. The van der Waals surface area contributed by atoms with Gasteiger partial charge in [0.25, 0.3) is 5.91 Å². The van der Waals surface area contributed by atoms with E-state index < -0.39 is 58.8 Å². The number of halogens is 6. The van der Waals surface area contributed by atoms with Gasteiger partial charge in [0, 0.05) is 49.7 Å². The predicted octanol–water partition coefficient (Wildman–Crippen LogP) is 5.24. The number of nitrogens with zero attached hydrogens (tertiary/aromatic N) is 2. The average Bonchev–Trinajstić information content (AvgIpc) is 3.68. The Morgan fingerprint density at radius 2 is 1.62 bits per heavy atom. The number of carboxylic acid groups (broad SMARTS) is 1. The van der Waals surface area contributed by atoms with E-state index in [2.05, 4.69) is 19.9 Å². The number of thiophene rings is 1. The topological polar surface area (TPSA) is 168 Å². The van der Waals surface area contributed by atoms with E-state index >= 15 is 0 Å². The fraction of sp³-hybridized carbons (Fsp3) is 0.395. The highest BCUT2D eigenvalue weighted by molar-refractivity contribution is 7.15. The number of morpholine rings is 1. The number of esters is 2. The van der Waals surface area contributed by atoms with E-state index in [9.17, 15) is 55.4 Å². The average molecular weight is 839 g/mol. The number of carbonyl (C=O) groups excluding carboxylic acids is 3. The summed E-state index contributed by atoms with van der Waals surface area (Å²) < 4.78 is 94.0. The van der Waals surface area contributed by atoms with Crippen LogP contribution in [0.15, 0.2) is 65.5 Å². The summed E-state index contributed by atoms with van der Waals surface area (Å²) in [7, 11) is 0. The Morgan fingerprint density at radius 1 is 0.914 bits per heavy atom. The number of aromatic carboxylic acids is 1. The molecule has 13 nitrogen and oxygen atoms in total. The largest absolute Gasteiger partial charge is 0.491 e. The summed E-state index contributed by atoms with van der Waals surface area (Å²) in [5, 5.41) is 12.1. The van der Waals surface area contributed by atoms with Crippen LogP contribution < -0.4 is 15.6 Å². The van der Waals surface area contributed by atoms with Gasteiger partial charge in [-0.1, -0.05) is 30.3 Å². The van der Waals surface area contributed by atoms with Gasteiger partial charge in [-0.2, -0.15) is 26.3 Å². The number of rotatable bonds is 12. The fourth-order valence-electron chi connectivity index (χ4n) is 6.95. The van der Waals surface area contributed by atoms with Gasteiger partial charge in [0.2, 0.25) is 5.56 Å². The first-order valence-corrected chi connectivity index (χ1v) is 18.7. The third kappa shape index (κ3) is 10.2. The van der Waals surface area contributed by atoms with Gasteiger partial charge in [-0.3, -0.25) is 14.5 Å². The zero-order valence-electron chi connectivity index (χ0n) is 30.4. The van der Waals surface area contributed by atoms with Crippen LogP contribution >= 0.6 is 11.3 Å². The Balaban J connectivity index is 1.06. The number of nitrogens with one attached hydrogen (secondary N) is 2. The molecule has 1 atom stereocenters. The number of aromatic amines is 1. The van der Waals surface area contributed by atoms with Crippen LogP contribution in [0.5, 0.6) is 5.75 Å². The van der Waals surface area contributed by atoms with Crippen LogP contribution in [-0.2, 0) is 32.0 Å². The number of aromatic nitrogens is 1. The Kier molecular flexibility index (Phi) is 12.6. The highest BCUT2D eigenvalue weighted by atomic mass is 32.1. The van der Waals surface area contributed by atoms with Gasteiger partial charge in [-0.05, 0) is 61.2 Å². The van der Waals surface area contributed by atoms with E-state index in [0.717, 1.165) is 46.7 Å². The number of hydrogen-bond donors (Lipinski definition) is 3. The van der Waals surface area contributed by atoms with Crippen LogP contribution in [0.3, 0.4) is 0 Å². The van der Waals surface area contributed by atoms with Crippen molar-refractivity contribution in [3.8, 4) is 5.75 Å². The molecule has 20 heteroatoms. The standard InChI is InChI=1S/C38H36F6N4O9S/c39-37(40,41)34(53)56-26-6-4-24(25-5-9-30(49)46-31(25)26)27(57-35(54)38(42,43)44)19-45-13-10-22-2-1-3-23(18-22)20-47-14-11-36(12-15-47)21-48(16-17-55-36)32(50)28-7-8-29(58-28)33(51)52/h1-9,18,27,45H,10-17,19-21H2,(H,46,49)(H,51,52). The smallest absolute Gasteiger partial charge is 0.477 e. The number of carbonyl (C=O) groups is 4. The number of fused-ring (bicyclic) bond motifs is 1. The Morgan fingerprint density at radius 3 is 2.31 bits per heavy atom. The van der Waals surface area contributed by atoms with Crippen molar-refractivity contribution >= 4 is 46.1 Å². The van der Waals surface area contributed by atoms with Crippen LogP contribution in [0.25, 0.3) is 10.9 Å². The molecule has 4 heterocycles. The number of alkyl halides is 6. The van der Waals surface area contributed by atoms with Crippen molar-refractivity contribution in [2.24, 2.45) is 0 Å². The van der Waals surface area contributed by atoms with Gasteiger partial charge in [0.15, 0.2) is 5.75 Å².